The minimum absolute atomic E-state index is 0.540. The van der Waals surface area contributed by atoms with Crippen molar-refractivity contribution in [3.63, 3.8) is 0 Å². The molecule has 3 heteroatoms. The summed E-state index contributed by atoms with van der Waals surface area (Å²) in [5.74, 6) is 8.19. The fourth-order valence-corrected chi connectivity index (χ4v) is 0.794. The van der Waals surface area contributed by atoms with E-state index in [-0.39, 0.29) is 0 Å². The molecule has 0 aromatic carbocycles. The number of pyridine rings is 1. The maximum Gasteiger partial charge on any atom is 0.155 e. The van der Waals surface area contributed by atoms with Gasteiger partial charge < -0.3 is 5.43 Å². The summed E-state index contributed by atoms with van der Waals surface area (Å²) in [6.07, 6.45) is 6.91. The Morgan fingerprint density at radius 1 is 1.73 bits per heavy atom. The maximum absolute atomic E-state index is 5.21. The smallest absolute Gasteiger partial charge is 0.155 e. The lowest BCUT2D eigenvalue weighted by Crippen LogP contribution is -2.10. The van der Waals surface area contributed by atoms with Gasteiger partial charge in [-0.15, -0.1) is 6.42 Å². The number of hydrogen-bond acceptors (Lipinski definition) is 3. The molecule has 1 aromatic heterocycles. The highest BCUT2D eigenvalue weighted by molar-refractivity contribution is 5.53. The summed E-state index contributed by atoms with van der Waals surface area (Å²) in [7, 11) is 0. The van der Waals surface area contributed by atoms with E-state index in [0.29, 0.717) is 11.4 Å². The third-order valence-corrected chi connectivity index (χ3v) is 1.32. The molecule has 0 bridgehead atoms. The van der Waals surface area contributed by atoms with Gasteiger partial charge in [0.2, 0.25) is 0 Å². The second-order valence-corrected chi connectivity index (χ2v) is 2.20. The van der Waals surface area contributed by atoms with Gasteiger partial charge in [-0.1, -0.05) is 5.92 Å². The average Bonchev–Trinajstić information content (AvgIpc) is 2.04. The second-order valence-electron chi connectivity index (χ2n) is 2.20. The summed E-state index contributed by atoms with van der Waals surface area (Å²) < 4.78 is 0. The highest BCUT2D eigenvalue weighted by Crippen LogP contribution is 2.10. The summed E-state index contributed by atoms with van der Waals surface area (Å²) in [6, 6.07) is 1.85. The number of rotatable bonds is 1. The molecule has 3 nitrogen and oxygen atoms in total. The number of nitrogen functional groups attached to an aromatic ring is 1. The van der Waals surface area contributed by atoms with Crippen LogP contribution in [0.2, 0.25) is 0 Å². The van der Waals surface area contributed by atoms with Gasteiger partial charge in [0, 0.05) is 6.20 Å². The molecular formula is C8H9N3. The molecule has 0 atom stereocenters. The Balaban J connectivity index is 3.19. The molecule has 0 amide bonds. The number of nitrogens with two attached hydrogens (primary N) is 1. The molecule has 0 saturated heterocycles. The lowest BCUT2D eigenvalue weighted by molar-refractivity contribution is 1.19. The number of aryl methyl sites for hydroxylation is 1. The summed E-state index contributed by atoms with van der Waals surface area (Å²) >= 11 is 0. The Bertz CT molecular complexity index is 299. The minimum atomic E-state index is 0.540. The van der Waals surface area contributed by atoms with Crippen LogP contribution in [0.1, 0.15) is 11.1 Å². The van der Waals surface area contributed by atoms with Gasteiger partial charge in [0.1, 0.15) is 0 Å². The molecule has 1 heterocycles. The van der Waals surface area contributed by atoms with Crippen LogP contribution in [0.15, 0.2) is 12.3 Å². The first kappa shape index (κ1) is 7.58. The first-order valence-corrected chi connectivity index (χ1v) is 3.18. The van der Waals surface area contributed by atoms with Gasteiger partial charge in [-0.05, 0) is 18.6 Å². The molecule has 0 aliphatic rings. The number of nitrogens with zero attached hydrogens (tertiary/aromatic N) is 1. The number of aromatic nitrogens is 1. The summed E-state index contributed by atoms with van der Waals surface area (Å²) in [5.41, 5.74) is 4.13. The highest BCUT2D eigenvalue weighted by atomic mass is 15.2. The topological polar surface area (TPSA) is 50.9 Å². The molecule has 0 spiro atoms. The zero-order valence-corrected chi connectivity index (χ0v) is 6.26. The van der Waals surface area contributed by atoms with E-state index in [1.54, 1.807) is 6.20 Å². The fourth-order valence-electron chi connectivity index (χ4n) is 0.794. The van der Waals surface area contributed by atoms with E-state index in [0.717, 1.165) is 5.56 Å². The molecule has 56 valence electrons. The third-order valence-electron chi connectivity index (χ3n) is 1.32. The Morgan fingerprint density at radius 2 is 2.45 bits per heavy atom. The Hall–Kier alpha value is -1.53. The third kappa shape index (κ3) is 1.48. The van der Waals surface area contributed by atoms with Crippen LogP contribution in [-0.2, 0) is 0 Å². The van der Waals surface area contributed by atoms with Crippen molar-refractivity contribution < 1.29 is 0 Å². The number of anilines is 1. The van der Waals surface area contributed by atoms with Crippen LogP contribution in [0.5, 0.6) is 0 Å². The molecule has 0 saturated carbocycles. The molecule has 11 heavy (non-hydrogen) atoms. The van der Waals surface area contributed by atoms with Crippen LogP contribution in [0, 0.1) is 19.3 Å². The van der Waals surface area contributed by atoms with Crippen molar-refractivity contribution in [3.8, 4) is 12.3 Å². The van der Waals surface area contributed by atoms with Crippen molar-refractivity contribution in [3.05, 3.63) is 23.4 Å². The first-order chi connectivity index (χ1) is 5.27. The summed E-state index contributed by atoms with van der Waals surface area (Å²) in [5, 5.41) is 0. The molecule has 0 fully saturated rings. The van der Waals surface area contributed by atoms with Crippen LogP contribution in [-0.4, -0.2) is 4.98 Å². The number of nitrogens with one attached hydrogen (secondary N) is 1. The van der Waals surface area contributed by atoms with E-state index >= 15 is 0 Å². The van der Waals surface area contributed by atoms with Crippen LogP contribution in [0.4, 0.5) is 5.82 Å². The van der Waals surface area contributed by atoms with Crippen molar-refractivity contribution in [2.75, 3.05) is 5.43 Å². The van der Waals surface area contributed by atoms with E-state index in [2.05, 4.69) is 16.3 Å². The normalized spacial score (nSPS) is 8.82. The van der Waals surface area contributed by atoms with E-state index in [9.17, 15) is 0 Å². The molecule has 0 aliphatic heterocycles. The average molecular weight is 147 g/mol. The zero-order valence-electron chi connectivity index (χ0n) is 6.26. The quantitative estimate of drug-likeness (QED) is 0.348. The maximum atomic E-state index is 5.21. The van der Waals surface area contributed by atoms with Gasteiger partial charge in [0.25, 0.3) is 0 Å². The molecule has 1 rings (SSSR count). The molecular weight excluding hydrogens is 138 g/mol. The summed E-state index contributed by atoms with van der Waals surface area (Å²) in [4.78, 5) is 3.99. The number of hydrazine groups is 1. The lowest BCUT2D eigenvalue weighted by atomic mass is 10.2. The fraction of sp³-hybridized carbons (Fsp3) is 0.125. The molecule has 1 aromatic rings. The predicted octanol–water partition coefficient (Wildman–Crippen LogP) is 0.657. The summed E-state index contributed by atoms with van der Waals surface area (Å²) in [6.45, 7) is 1.92. The largest absolute Gasteiger partial charge is 0.307 e. The SMILES string of the molecule is C#Cc1cc(C)cnc1NN. The van der Waals surface area contributed by atoms with E-state index in [1.165, 1.54) is 0 Å². The van der Waals surface area contributed by atoms with Crippen molar-refractivity contribution in [2.45, 2.75) is 6.92 Å². The monoisotopic (exact) mass is 147 g/mol. The highest BCUT2D eigenvalue weighted by Gasteiger charge is 1.97. The van der Waals surface area contributed by atoms with Gasteiger partial charge in [-0.25, -0.2) is 10.8 Å². The Labute approximate surface area is 65.6 Å². The van der Waals surface area contributed by atoms with Crippen molar-refractivity contribution >= 4 is 5.82 Å². The zero-order chi connectivity index (χ0) is 8.27. The standard InChI is InChI=1S/C8H9N3/c1-3-7-4-6(2)5-10-8(7)11-9/h1,4-5H,9H2,2H3,(H,10,11). The number of terminal acetylenes is 1. The van der Waals surface area contributed by atoms with Gasteiger partial charge in [0.15, 0.2) is 5.82 Å². The second kappa shape index (κ2) is 3.04. The van der Waals surface area contributed by atoms with Crippen LogP contribution in [0.3, 0.4) is 0 Å². The number of hydrogen-bond donors (Lipinski definition) is 2. The predicted molar refractivity (Wildman–Crippen MR) is 44.7 cm³/mol. The molecule has 0 unspecified atom stereocenters. The first-order valence-electron chi connectivity index (χ1n) is 3.18. The van der Waals surface area contributed by atoms with Crippen LogP contribution < -0.4 is 11.3 Å². The van der Waals surface area contributed by atoms with E-state index in [4.69, 9.17) is 12.3 Å². The molecule has 0 aliphatic carbocycles. The van der Waals surface area contributed by atoms with Crippen LogP contribution in [0.25, 0.3) is 0 Å². The van der Waals surface area contributed by atoms with Crippen molar-refractivity contribution in [2.24, 2.45) is 5.84 Å². The van der Waals surface area contributed by atoms with Gasteiger partial charge >= 0.3 is 0 Å². The van der Waals surface area contributed by atoms with E-state index in [1.807, 2.05) is 13.0 Å². The van der Waals surface area contributed by atoms with Crippen LogP contribution >= 0.6 is 0 Å². The lowest BCUT2D eigenvalue weighted by Gasteiger charge is -2.01. The van der Waals surface area contributed by atoms with Gasteiger partial charge in [-0.3, -0.25) is 0 Å². The Kier molecular flexibility index (Phi) is 2.09. The Morgan fingerprint density at radius 3 is 3.00 bits per heavy atom. The van der Waals surface area contributed by atoms with Gasteiger partial charge in [-0.2, -0.15) is 0 Å². The van der Waals surface area contributed by atoms with E-state index < -0.39 is 0 Å². The van der Waals surface area contributed by atoms with Crippen molar-refractivity contribution in [1.82, 2.24) is 4.98 Å². The minimum Gasteiger partial charge on any atom is -0.307 e. The molecule has 3 N–H and O–H groups in total. The van der Waals surface area contributed by atoms with Crippen molar-refractivity contribution in [1.29, 1.82) is 0 Å². The van der Waals surface area contributed by atoms with Gasteiger partial charge in [0.05, 0.1) is 5.56 Å². The molecule has 0 radical (unpaired) electrons.